The Bertz CT molecular complexity index is 759. The minimum Gasteiger partial charge on any atom is -0.379 e. The summed E-state index contributed by atoms with van der Waals surface area (Å²) < 4.78 is 5.23. The third kappa shape index (κ3) is 5.12. The zero-order chi connectivity index (χ0) is 19.1. The third-order valence-corrected chi connectivity index (χ3v) is 8.48. The maximum Gasteiger partial charge on any atom is 0.0526 e. The molecule has 2 N–H and O–H groups in total. The van der Waals surface area contributed by atoms with Gasteiger partial charge in [-0.1, -0.05) is 31.2 Å². The van der Waals surface area contributed by atoms with E-state index in [0.29, 0.717) is 11.8 Å². The van der Waals surface area contributed by atoms with Gasteiger partial charge in [0.25, 0.3) is 0 Å². The van der Waals surface area contributed by atoms with Gasteiger partial charge >= 0.3 is 0 Å². The van der Waals surface area contributed by atoms with Crippen LogP contribution in [0.3, 0.4) is 0 Å². The number of hydrogen-bond donors (Lipinski definition) is 2. The molecular formula is C20H29Cl2N4P. The van der Waals surface area contributed by atoms with Gasteiger partial charge in [-0.2, -0.15) is 0 Å². The van der Waals surface area contributed by atoms with E-state index >= 15 is 0 Å². The first-order valence-corrected chi connectivity index (χ1v) is 13.0. The first-order valence-electron chi connectivity index (χ1n) is 9.60. The summed E-state index contributed by atoms with van der Waals surface area (Å²) in [5.74, 6) is 1.24. The molecule has 0 spiro atoms. The number of alkyl halides is 2. The summed E-state index contributed by atoms with van der Waals surface area (Å²) in [5.41, 5.74) is 2.38. The van der Waals surface area contributed by atoms with E-state index in [4.69, 9.17) is 27.9 Å². The molecule has 148 valence electrons. The standard InChI is InChI=1S/C20H29Cl2N4P/c1-2-11-25-27(16-26(12-9-21)13-10-22)14-23-18-7-3-5-17-6-4-8-19(20(17)18)24-15-27/h3-8,23-24H,2,9-16H2,1H3. The molecule has 4 nitrogen and oxygen atoms in total. The molecule has 0 amide bonds. The minimum absolute atomic E-state index is 0.619. The van der Waals surface area contributed by atoms with Crippen molar-refractivity contribution in [2.24, 2.45) is 4.74 Å². The molecule has 0 unspecified atom stereocenters. The average Bonchev–Trinajstić information content (AvgIpc) is 2.68. The largest absolute Gasteiger partial charge is 0.379 e. The Hall–Kier alpha value is -0.930. The summed E-state index contributed by atoms with van der Waals surface area (Å²) in [5, 5.41) is 10.0. The van der Waals surface area contributed by atoms with Gasteiger partial charge < -0.3 is 10.6 Å². The lowest BCUT2D eigenvalue weighted by Crippen LogP contribution is -2.32. The van der Waals surface area contributed by atoms with Crippen LogP contribution in [0, 0.1) is 0 Å². The normalized spacial score (nSPS) is 15.7. The molecule has 0 radical (unpaired) electrons. The zero-order valence-corrected chi connectivity index (χ0v) is 18.3. The summed E-state index contributed by atoms with van der Waals surface area (Å²) in [4.78, 5) is 2.38. The molecule has 1 aliphatic heterocycles. The molecule has 1 aliphatic rings. The maximum atomic E-state index is 6.04. The van der Waals surface area contributed by atoms with Gasteiger partial charge in [-0.15, -0.1) is 23.2 Å². The van der Waals surface area contributed by atoms with Gasteiger partial charge in [0.1, 0.15) is 0 Å². The quantitative estimate of drug-likeness (QED) is 0.405. The molecule has 0 saturated heterocycles. The van der Waals surface area contributed by atoms with Crippen molar-refractivity contribution in [3.05, 3.63) is 36.4 Å². The summed E-state index contributed by atoms with van der Waals surface area (Å²) in [6.45, 7) is 4.79. The number of rotatable bonds is 8. The van der Waals surface area contributed by atoms with E-state index in [1.807, 2.05) is 0 Å². The van der Waals surface area contributed by atoms with Gasteiger partial charge in [0.15, 0.2) is 0 Å². The second-order valence-corrected chi connectivity index (χ2v) is 11.1. The third-order valence-electron chi connectivity index (χ3n) is 4.92. The summed E-state index contributed by atoms with van der Waals surface area (Å²) >= 11 is 12.1. The van der Waals surface area contributed by atoms with E-state index in [9.17, 15) is 0 Å². The maximum absolute atomic E-state index is 6.04. The predicted molar refractivity (Wildman–Crippen MR) is 123 cm³/mol. The lowest BCUT2D eigenvalue weighted by molar-refractivity contribution is 0.358. The van der Waals surface area contributed by atoms with E-state index < -0.39 is 7.05 Å². The van der Waals surface area contributed by atoms with Crippen LogP contribution in [0.25, 0.3) is 10.8 Å². The van der Waals surface area contributed by atoms with Gasteiger partial charge in [-0.25, -0.2) is 0 Å². The SMILES string of the molecule is CCCN=P1(CN(CCCl)CCCl)CNc2cccc3cccc(c23)NC1. The predicted octanol–water partition coefficient (Wildman–Crippen LogP) is 5.94. The van der Waals surface area contributed by atoms with E-state index in [-0.39, 0.29) is 0 Å². The summed E-state index contributed by atoms with van der Waals surface area (Å²) in [7, 11) is -1.64. The molecule has 0 aromatic heterocycles. The van der Waals surface area contributed by atoms with Crippen molar-refractivity contribution in [3.8, 4) is 0 Å². The molecule has 0 bridgehead atoms. The molecule has 0 aliphatic carbocycles. The van der Waals surface area contributed by atoms with Gasteiger partial charge in [0.2, 0.25) is 0 Å². The van der Waals surface area contributed by atoms with Crippen LogP contribution in [0.2, 0.25) is 0 Å². The average molecular weight is 427 g/mol. The van der Waals surface area contributed by atoms with Crippen molar-refractivity contribution >= 4 is 52.4 Å². The molecule has 2 aromatic rings. The molecule has 27 heavy (non-hydrogen) atoms. The second kappa shape index (κ2) is 10.0. The Balaban J connectivity index is 1.94. The van der Waals surface area contributed by atoms with Crippen LogP contribution in [0.15, 0.2) is 41.1 Å². The van der Waals surface area contributed by atoms with Crippen LogP contribution in [-0.2, 0) is 0 Å². The highest BCUT2D eigenvalue weighted by atomic mass is 35.5. The topological polar surface area (TPSA) is 39.7 Å². The highest BCUT2D eigenvalue weighted by Gasteiger charge is 2.25. The fraction of sp³-hybridized carbons (Fsp3) is 0.500. The minimum atomic E-state index is -1.64. The lowest BCUT2D eigenvalue weighted by Gasteiger charge is -2.34. The smallest absolute Gasteiger partial charge is 0.0526 e. The summed E-state index contributed by atoms with van der Waals surface area (Å²) in [6, 6.07) is 12.9. The van der Waals surface area contributed by atoms with Crippen molar-refractivity contribution in [2.75, 3.05) is 60.9 Å². The first kappa shape index (κ1) is 20.8. The summed E-state index contributed by atoms with van der Waals surface area (Å²) in [6.07, 6.45) is 3.81. The second-order valence-electron chi connectivity index (χ2n) is 6.98. The van der Waals surface area contributed by atoms with Gasteiger partial charge in [0, 0.05) is 61.5 Å². The van der Waals surface area contributed by atoms with Crippen LogP contribution in [-0.4, -0.2) is 55.2 Å². The lowest BCUT2D eigenvalue weighted by atomic mass is 10.1. The molecule has 0 fully saturated rings. The van der Waals surface area contributed by atoms with Crippen molar-refractivity contribution in [2.45, 2.75) is 13.3 Å². The molecule has 3 rings (SSSR count). The molecule has 2 aromatic carbocycles. The molecule has 7 heteroatoms. The van der Waals surface area contributed by atoms with Crippen LogP contribution in [0.5, 0.6) is 0 Å². The van der Waals surface area contributed by atoms with E-state index in [2.05, 4.69) is 58.9 Å². The number of hydrogen-bond acceptors (Lipinski definition) is 4. The number of halogens is 2. The van der Waals surface area contributed by atoms with Crippen molar-refractivity contribution in [1.82, 2.24) is 4.90 Å². The monoisotopic (exact) mass is 426 g/mol. The van der Waals surface area contributed by atoms with E-state index in [0.717, 1.165) is 44.9 Å². The van der Waals surface area contributed by atoms with Crippen molar-refractivity contribution in [3.63, 3.8) is 0 Å². The Kier molecular flexibility index (Phi) is 7.72. The first-order chi connectivity index (χ1) is 13.2. The molecule has 0 saturated carbocycles. The van der Waals surface area contributed by atoms with E-state index in [1.54, 1.807) is 0 Å². The highest BCUT2D eigenvalue weighted by molar-refractivity contribution is 7.66. The van der Waals surface area contributed by atoms with Crippen molar-refractivity contribution in [1.29, 1.82) is 0 Å². The fourth-order valence-corrected chi connectivity index (χ4v) is 7.24. The number of anilines is 2. The molecule has 1 heterocycles. The van der Waals surface area contributed by atoms with Gasteiger partial charge in [0.05, 0.1) is 12.6 Å². The number of benzene rings is 2. The van der Waals surface area contributed by atoms with Gasteiger partial charge in [-0.3, -0.25) is 9.64 Å². The van der Waals surface area contributed by atoms with E-state index in [1.165, 1.54) is 22.1 Å². The number of nitrogens with zero attached hydrogens (tertiary/aromatic N) is 2. The Morgan fingerprint density at radius 2 is 1.59 bits per heavy atom. The van der Waals surface area contributed by atoms with Crippen LogP contribution >= 0.6 is 30.3 Å². The molecule has 0 atom stereocenters. The molecular weight excluding hydrogens is 398 g/mol. The Labute approximate surface area is 172 Å². The fourth-order valence-electron chi connectivity index (χ4n) is 3.58. The van der Waals surface area contributed by atoms with Crippen LogP contribution in [0.4, 0.5) is 11.4 Å². The Morgan fingerprint density at radius 3 is 2.11 bits per heavy atom. The Morgan fingerprint density at radius 1 is 1.00 bits per heavy atom. The highest BCUT2D eigenvalue weighted by Crippen LogP contribution is 2.51. The van der Waals surface area contributed by atoms with Crippen molar-refractivity contribution < 1.29 is 0 Å². The van der Waals surface area contributed by atoms with Crippen LogP contribution in [0.1, 0.15) is 13.3 Å². The van der Waals surface area contributed by atoms with Crippen LogP contribution < -0.4 is 10.6 Å². The van der Waals surface area contributed by atoms with Gasteiger partial charge in [-0.05, 0) is 23.9 Å². The zero-order valence-electron chi connectivity index (χ0n) is 15.9. The number of nitrogens with one attached hydrogen (secondary N) is 2.